The predicted molar refractivity (Wildman–Crippen MR) is 93.7 cm³/mol. The van der Waals surface area contributed by atoms with Crippen LogP contribution in [0.3, 0.4) is 0 Å². The zero-order valence-corrected chi connectivity index (χ0v) is 15.1. The van der Waals surface area contributed by atoms with Gasteiger partial charge in [0, 0.05) is 12.6 Å². The fourth-order valence-electron chi connectivity index (χ4n) is 2.96. The van der Waals surface area contributed by atoms with Crippen molar-refractivity contribution in [3.05, 3.63) is 16.9 Å². The van der Waals surface area contributed by atoms with Crippen LogP contribution in [-0.2, 0) is 7.05 Å². The molecule has 24 heavy (non-hydrogen) atoms. The molecule has 0 aliphatic heterocycles. The summed E-state index contributed by atoms with van der Waals surface area (Å²) in [6, 6.07) is 3.93. The maximum absolute atomic E-state index is 10.0. The van der Waals surface area contributed by atoms with Gasteiger partial charge in [0.1, 0.15) is 5.01 Å². The number of aromatic hydroxyl groups is 1. The summed E-state index contributed by atoms with van der Waals surface area (Å²) in [5, 5.41) is 15.4. The van der Waals surface area contributed by atoms with Gasteiger partial charge in [0.2, 0.25) is 10.6 Å². The van der Waals surface area contributed by atoms with Crippen molar-refractivity contribution in [2.24, 2.45) is 12.0 Å². The van der Waals surface area contributed by atoms with E-state index in [0.29, 0.717) is 17.5 Å². The Hall–Kier alpha value is -2.02. The van der Waals surface area contributed by atoms with E-state index in [-0.39, 0.29) is 5.75 Å². The van der Waals surface area contributed by atoms with E-state index in [0.717, 1.165) is 28.2 Å². The van der Waals surface area contributed by atoms with Gasteiger partial charge in [0.25, 0.3) is 0 Å². The summed E-state index contributed by atoms with van der Waals surface area (Å²) in [5.74, 6) is 0.734. The third-order valence-electron chi connectivity index (χ3n) is 4.30. The van der Waals surface area contributed by atoms with Crippen molar-refractivity contribution in [3.63, 3.8) is 0 Å². The molecule has 7 heteroatoms. The number of aromatic nitrogens is 2. The Morgan fingerprint density at radius 1 is 1.17 bits per heavy atom. The van der Waals surface area contributed by atoms with Gasteiger partial charge < -0.3 is 14.6 Å². The number of aryl methyl sites for hydroxylation is 1. The maximum atomic E-state index is 10.0. The van der Waals surface area contributed by atoms with Crippen molar-refractivity contribution in [1.29, 1.82) is 0 Å². The number of ether oxygens (including phenoxy) is 2. The van der Waals surface area contributed by atoms with Gasteiger partial charge in [-0.3, -0.25) is 4.99 Å². The molecule has 2 aromatic rings. The average Bonchev–Trinajstić information content (AvgIpc) is 2.96. The van der Waals surface area contributed by atoms with Crippen LogP contribution >= 0.6 is 11.3 Å². The molecular weight excluding hydrogens is 326 g/mol. The Kier molecular flexibility index (Phi) is 5.08. The van der Waals surface area contributed by atoms with E-state index < -0.39 is 0 Å². The largest absolute Gasteiger partial charge is 0.502 e. The van der Waals surface area contributed by atoms with Crippen LogP contribution in [0.1, 0.15) is 32.1 Å². The van der Waals surface area contributed by atoms with Crippen molar-refractivity contribution in [2.45, 2.75) is 38.1 Å². The predicted octanol–water partition coefficient (Wildman–Crippen LogP) is 3.10. The molecule has 1 aromatic carbocycles. The molecule has 3 rings (SSSR count). The van der Waals surface area contributed by atoms with Crippen LogP contribution in [0.4, 0.5) is 0 Å². The first-order valence-corrected chi connectivity index (χ1v) is 8.97. The van der Waals surface area contributed by atoms with Gasteiger partial charge in [-0.1, -0.05) is 30.6 Å². The zero-order valence-electron chi connectivity index (χ0n) is 14.3. The monoisotopic (exact) mass is 349 g/mol. The molecule has 0 amide bonds. The smallest absolute Gasteiger partial charge is 0.203 e. The van der Waals surface area contributed by atoms with Gasteiger partial charge in [-0.15, -0.1) is 0 Å². The number of hydrogen-bond donors (Lipinski definition) is 1. The van der Waals surface area contributed by atoms with E-state index in [4.69, 9.17) is 14.5 Å². The van der Waals surface area contributed by atoms with E-state index in [1.807, 2.05) is 11.7 Å². The summed E-state index contributed by atoms with van der Waals surface area (Å²) in [4.78, 5) is 5.79. The van der Waals surface area contributed by atoms with Crippen molar-refractivity contribution >= 4 is 11.3 Å². The third-order valence-corrected chi connectivity index (χ3v) is 5.36. The van der Waals surface area contributed by atoms with Crippen LogP contribution in [0, 0.1) is 0 Å². The van der Waals surface area contributed by atoms with E-state index >= 15 is 0 Å². The van der Waals surface area contributed by atoms with Crippen molar-refractivity contribution in [1.82, 2.24) is 9.78 Å². The molecule has 0 bridgehead atoms. The Morgan fingerprint density at radius 3 is 2.38 bits per heavy atom. The fourth-order valence-corrected chi connectivity index (χ4v) is 3.91. The highest BCUT2D eigenvalue weighted by atomic mass is 32.1. The zero-order chi connectivity index (χ0) is 17.1. The van der Waals surface area contributed by atoms with Crippen molar-refractivity contribution in [3.8, 4) is 27.8 Å². The number of hydrogen-bond acceptors (Lipinski definition) is 6. The average molecular weight is 349 g/mol. The summed E-state index contributed by atoms with van der Waals surface area (Å²) in [6.45, 7) is 0. The molecule has 0 radical (unpaired) electrons. The van der Waals surface area contributed by atoms with Gasteiger partial charge in [-0.25, -0.2) is 4.68 Å². The molecule has 1 N–H and O–H groups in total. The molecule has 1 aliphatic rings. The SMILES string of the molecule is COc1cc(-c2nn(C)c(=NC3CCCCC3)s2)cc(OC)c1O. The Labute approximate surface area is 145 Å². The molecule has 0 atom stereocenters. The molecule has 1 fully saturated rings. The van der Waals surface area contributed by atoms with E-state index in [2.05, 4.69) is 5.10 Å². The van der Waals surface area contributed by atoms with Crippen molar-refractivity contribution < 1.29 is 14.6 Å². The molecule has 0 saturated heterocycles. The fraction of sp³-hybridized carbons (Fsp3) is 0.529. The number of phenolic OH excluding ortho intramolecular Hbond substituents is 1. The number of benzene rings is 1. The van der Waals surface area contributed by atoms with Gasteiger partial charge in [-0.2, -0.15) is 5.10 Å². The first-order valence-electron chi connectivity index (χ1n) is 8.15. The second-order valence-corrected chi connectivity index (χ2v) is 6.92. The lowest BCUT2D eigenvalue weighted by Crippen LogP contribution is -2.18. The molecular formula is C17H23N3O3S. The molecule has 1 saturated carbocycles. The summed E-state index contributed by atoms with van der Waals surface area (Å²) in [5.41, 5.74) is 0.840. The minimum atomic E-state index is -0.00297. The standard InChI is InChI=1S/C17H23N3O3S/c1-20-17(18-12-7-5-4-6-8-12)24-16(19-20)11-9-13(22-2)15(21)14(10-11)23-3/h9-10,12,21H,4-8H2,1-3H3. The number of nitrogens with zero attached hydrogens (tertiary/aromatic N) is 3. The second kappa shape index (κ2) is 7.25. The Morgan fingerprint density at radius 2 is 1.79 bits per heavy atom. The Bertz CT molecular complexity index is 751. The quantitative estimate of drug-likeness (QED) is 0.921. The number of methoxy groups -OCH3 is 2. The normalized spacial score (nSPS) is 16.4. The molecule has 1 aromatic heterocycles. The summed E-state index contributed by atoms with van der Waals surface area (Å²) < 4.78 is 12.3. The summed E-state index contributed by atoms with van der Waals surface area (Å²) >= 11 is 1.54. The van der Waals surface area contributed by atoms with Crippen molar-refractivity contribution in [2.75, 3.05) is 14.2 Å². The highest BCUT2D eigenvalue weighted by molar-refractivity contribution is 7.12. The molecule has 1 heterocycles. The van der Waals surface area contributed by atoms with Crippen LogP contribution in [0.5, 0.6) is 17.2 Å². The van der Waals surface area contributed by atoms with Crippen LogP contribution < -0.4 is 14.3 Å². The second-order valence-electron chi connectivity index (χ2n) is 5.96. The first-order chi connectivity index (χ1) is 11.6. The molecule has 6 nitrogen and oxygen atoms in total. The highest BCUT2D eigenvalue weighted by Gasteiger charge is 2.16. The lowest BCUT2D eigenvalue weighted by molar-refractivity contribution is 0.340. The van der Waals surface area contributed by atoms with Gasteiger partial charge in [0.15, 0.2) is 11.5 Å². The number of phenols is 1. The molecule has 130 valence electrons. The lowest BCUT2D eigenvalue weighted by atomic mass is 9.96. The van der Waals surface area contributed by atoms with Crippen LogP contribution in [0.25, 0.3) is 10.6 Å². The molecule has 1 aliphatic carbocycles. The third kappa shape index (κ3) is 3.40. The topological polar surface area (TPSA) is 68.9 Å². The maximum Gasteiger partial charge on any atom is 0.203 e. The van der Waals surface area contributed by atoms with Crippen LogP contribution in [0.2, 0.25) is 0 Å². The Balaban J connectivity index is 1.99. The highest BCUT2D eigenvalue weighted by Crippen LogP contribution is 2.40. The minimum absolute atomic E-state index is 0.00297. The van der Waals surface area contributed by atoms with Crippen LogP contribution in [-0.4, -0.2) is 35.1 Å². The van der Waals surface area contributed by atoms with Crippen LogP contribution in [0.15, 0.2) is 17.1 Å². The van der Waals surface area contributed by atoms with Gasteiger partial charge >= 0.3 is 0 Å². The molecule has 0 unspecified atom stereocenters. The van der Waals surface area contributed by atoms with E-state index in [1.54, 1.807) is 23.5 Å². The first kappa shape index (κ1) is 16.8. The summed E-state index contributed by atoms with van der Waals surface area (Å²) in [6.07, 6.45) is 6.16. The van der Waals surface area contributed by atoms with Gasteiger partial charge in [0.05, 0.1) is 20.3 Å². The number of rotatable bonds is 4. The van der Waals surface area contributed by atoms with Gasteiger partial charge in [-0.05, 0) is 25.0 Å². The minimum Gasteiger partial charge on any atom is -0.502 e. The lowest BCUT2D eigenvalue weighted by Gasteiger charge is -2.16. The van der Waals surface area contributed by atoms with E-state index in [9.17, 15) is 5.11 Å². The summed E-state index contributed by atoms with van der Waals surface area (Å²) in [7, 11) is 4.95. The molecule has 0 spiro atoms. The van der Waals surface area contributed by atoms with E-state index in [1.165, 1.54) is 33.5 Å².